The lowest BCUT2D eigenvalue weighted by Crippen LogP contribution is -2.35. The molecule has 0 radical (unpaired) electrons. The van der Waals surface area contributed by atoms with E-state index in [1.54, 1.807) is 0 Å². The van der Waals surface area contributed by atoms with Crippen molar-refractivity contribution in [2.45, 2.75) is 25.7 Å². The zero-order valence-electron chi connectivity index (χ0n) is 17.3. The number of rotatable bonds is 7. The molecule has 0 bridgehead atoms. The minimum atomic E-state index is -0.589. The first kappa shape index (κ1) is 22.5. The van der Waals surface area contributed by atoms with Gasteiger partial charge in [-0.25, -0.2) is 9.37 Å². The molecule has 4 rings (SSSR count). The van der Waals surface area contributed by atoms with Gasteiger partial charge >= 0.3 is 0 Å². The fraction of sp³-hybridized carbons (Fsp3) is 0.348. The van der Waals surface area contributed by atoms with E-state index in [9.17, 15) is 14.0 Å². The van der Waals surface area contributed by atoms with Gasteiger partial charge in [-0.3, -0.25) is 9.59 Å². The number of carbonyl (C=O) groups is 2. The van der Waals surface area contributed by atoms with E-state index in [0.717, 1.165) is 42.0 Å². The number of ether oxygens (including phenoxy) is 1. The van der Waals surface area contributed by atoms with Crippen LogP contribution in [-0.2, 0) is 9.59 Å². The van der Waals surface area contributed by atoms with Gasteiger partial charge in [0.25, 0.3) is 5.91 Å². The lowest BCUT2D eigenvalue weighted by atomic mass is 9.81. The lowest BCUT2D eigenvalue weighted by Gasteiger charge is -2.27. The van der Waals surface area contributed by atoms with E-state index in [0.29, 0.717) is 17.6 Å². The molecule has 9 heteroatoms. The molecule has 1 aromatic heterocycles. The molecule has 3 aromatic rings. The summed E-state index contributed by atoms with van der Waals surface area (Å²) >= 11 is 7.10. The Hall–Kier alpha value is -2.71. The molecule has 168 valence electrons. The van der Waals surface area contributed by atoms with E-state index >= 15 is 0 Å². The van der Waals surface area contributed by atoms with E-state index < -0.39 is 5.82 Å². The zero-order chi connectivity index (χ0) is 22.5. The summed E-state index contributed by atoms with van der Waals surface area (Å²) in [6, 6.07) is 11.8. The quantitative estimate of drug-likeness (QED) is 0.502. The Morgan fingerprint density at radius 3 is 2.69 bits per heavy atom. The number of para-hydroxylation sites is 1. The Morgan fingerprint density at radius 2 is 1.94 bits per heavy atom. The summed E-state index contributed by atoms with van der Waals surface area (Å²) in [7, 11) is 0. The fourth-order valence-corrected chi connectivity index (χ4v) is 4.77. The van der Waals surface area contributed by atoms with Crippen LogP contribution in [0.25, 0.3) is 10.2 Å². The van der Waals surface area contributed by atoms with Crippen molar-refractivity contribution in [3.8, 4) is 5.75 Å². The number of halogens is 2. The number of hydrogen-bond acceptors (Lipinski definition) is 5. The Bertz CT molecular complexity index is 1080. The number of benzene rings is 2. The molecule has 1 aliphatic carbocycles. The van der Waals surface area contributed by atoms with E-state index in [1.807, 2.05) is 24.3 Å². The van der Waals surface area contributed by atoms with Crippen LogP contribution in [0.15, 0.2) is 42.5 Å². The van der Waals surface area contributed by atoms with Crippen molar-refractivity contribution >= 4 is 50.1 Å². The highest BCUT2D eigenvalue weighted by Crippen LogP contribution is 2.31. The SMILES string of the molecule is O=C(COc1ccc(Cl)c(F)c1)NCC1CCC(C(=O)Nc2nc3ccccc3s2)CC1. The number of nitrogens with one attached hydrogen (secondary N) is 2. The average Bonchev–Trinajstić information content (AvgIpc) is 3.21. The monoisotopic (exact) mass is 475 g/mol. The minimum absolute atomic E-state index is 0.00571. The summed E-state index contributed by atoms with van der Waals surface area (Å²) in [6.07, 6.45) is 3.28. The van der Waals surface area contributed by atoms with Gasteiger partial charge in [-0.1, -0.05) is 35.1 Å². The molecule has 1 fully saturated rings. The maximum Gasteiger partial charge on any atom is 0.257 e. The second-order valence-electron chi connectivity index (χ2n) is 7.86. The van der Waals surface area contributed by atoms with E-state index in [-0.39, 0.29) is 35.1 Å². The molecule has 1 heterocycles. The van der Waals surface area contributed by atoms with Crippen LogP contribution in [0.3, 0.4) is 0 Å². The van der Waals surface area contributed by atoms with Crippen molar-refractivity contribution in [1.29, 1.82) is 0 Å². The Labute approximate surface area is 194 Å². The van der Waals surface area contributed by atoms with Gasteiger partial charge in [-0.2, -0.15) is 0 Å². The first-order chi connectivity index (χ1) is 15.5. The standard InChI is InChI=1S/C23H23ClFN3O3S/c24-17-10-9-16(11-18(17)25)31-13-21(29)26-12-14-5-7-15(8-6-14)22(30)28-23-27-19-3-1-2-4-20(19)32-23/h1-4,9-11,14-15H,5-8,12-13H2,(H,26,29)(H,27,28,30). The Morgan fingerprint density at radius 1 is 1.16 bits per heavy atom. The predicted molar refractivity (Wildman–Crippen MR) is 124 cm³/mol. The molecule has 0 aliphatic heterocycles. The number of anilines is 1. The molecule has 0 saturated heterocycles. The van der Waals surface area contributed by atoms with Crippen molar-refractivity contribution in [2.24, 2.45) is 11.8 Å². The van der Waals surface area contributed by atoms with Crippen molar-refractivity contribution in [1.82, 2.24) is 10.3 Å². The van der Waals surface area contributed by atoms with Crippen LogP contribution in [-0.4, -0.2) is 29.9 Å². The van der Waals surface area contributed by atoms with Crippen LogP contribution in [0.4, 0.5) is 9.52 Å². The van der Waals surface area contributed by atoms with Gasteiger partial charge in [-0.05, 0) is 55.9 Å². The van der Waals surface area contributed by atoms with E-state index in [4.69, 9.17) is 16.3 Å². The lowest BCUT2D eigenvalue weighted by molar-refractivity contribution is -0.124. The number of carbonyl (C=O) groups excluding carboxylic acids is 2. The highest BCUT2D eigenvalue weighted by Gasteiger charge is 2.27. The van der Waals surface area contributed by atoms with Crippen molar-refractivity contribution in [3.05, 3.63) is 53.3 Å². The second kappa shape index (κ2) is 10.3. The zero-order valence-corrected chi connectivity index (χ0v) is 18.8. The maximum absolute atomic E-state index is 13.4. The van der Waals surface area contributed by atoms with Crippen molar-refractivity contribution in [3.63, 3.8) is 0 Å². The maximum atomic E-state index is 13.4. The summed E-state index contributed by atoms with van der Waals surface area (Å²) in [6.45, 7) is 0.338. The Kier molecular flexibility index (Phi) is 7.22. The van der Waals surface area contributed by atoms with Gasteiger partial charge in [0.15, 0.2) is 11.7 Å². The van der Waals surface area contributed by atoms with Crippen molar-refractivity contribution < 1.29 is 18.7 Å². The molecule has 1 saturated carbocycles. The molecule has 6 nitrogen and oxygen atoms in total. The third-order valence-electron chi connectivity index (χ3n) is 5.59. The molecular formula is C23H23ClFN3O3S. The number of thiazole rings is 1. The molecule has 32 heavy (non-hydrogen) atoms. The van der Waals surface area contributed by atoms with Gasteiger partial charge in [0, 0.05) is 18.5 Å². The summed E-state index contributed by atoms with van der Waals surface area (Å²) < 4.78 is 19.8. The third-order valence-corrected chi connectivity index (χ3v) is 6.85. The Balaban J connectivity index is 1.17. The number of fused-ring (bicyclic) bond motifs is 1. The summed E-state index contributed by atoms with van der Waals surface area (Å²) in [5, 5.41) is 6.44. The average molecular weight is 476 g/mol. The topological polar surface area (TPSA) is 80.3 Å². The molecular weight excluding hydrogens is 453 g/mol. The van der Waals surface area contributed by atoms with Gasteiger partial charge < -0.3 is 15.4 Å². The number of nitrogens with zero attached hydrogens (tertiary/aromatic N) is 1. The highest BCUT2D eigenvalue weighted by atomic mass is 35.5. The first-order valence-corrected chi connectivity index (χ1v) is 11.7. The molecule has 0 unspecified atom stereocenters. The number of hydrogen-bond donors (Lipinski definition) is 2. The van der Waals surface area contributed by atoms with Crippen LogP contribution in [0.5, 0.6) is 5.75 Å². The number of amides is 2. The van der Waals surface area contributed by atoms with Gasteiger partial charge in [0.2, 0.25) is 5.91 Å². The van der Waals surface area contributed by atoms with Crippen LogP contribution in [0, 0.1) is 17.7 Å². The number of aromatic nitrogens is 1. The second-order valence-corrected chi connectivity index (χ2v) is 9.30. The fourth-order valence-electron chi connectivity index (χ4n) is 3.79. The minimum Gasteiger partial charge on any atom is -0.484 e. The van der Waals surface area contributed by atoms with Crippen LogP contribution >= 0.6 is 22.9 Å². The summed E-state index contributed by atoms with van der Waals surface area (Å²) in [4.78, 5) is 29.1. The van der Waals surface area contributed by atoms with E-state index in [2.05, 4.69) is 15.6 Å². The molecule has 0 spiro atoms. The molecule has 2 aromatic carbocycles. The van der Waals surface area contributed by atoms with Gasteiger partial charge in [0.1, 0.15) is 11.6 Å². The first-order valence-electron chi connectivity index (χ1n) is 10.5. The van der Waals surface area contributed by atoms with Crippen LogP contribution in [0.2, 0.25) is 5.02 Å². The molecule has 2 N–H and O–H groups in total. The predicted octanol–water partition coefficient (Wildman–Crippen LogP) is 5.03. The summed E-state index contributed by atoms with van der Waals surface area (Å²) in [5.74, 6) is -0.322. The van der Waals surface area contributed by atoms with Crippen molar-refractivity contribution in [2.75, 3.05) is 18.5 Å². The third kappa shape index (κ3) is 5.75. The van der Waals surface area contributed by atoms with Crippen LogP contribution < -0.4 is 15.4 Å². The molecule has 2 amide bonds. The van der Waals surface area contributed by atoms with Gasteiger partial charge in [-0.15, -0.1) is 0 Å². The summed E-state index contributed by atoms with van der Waals surface area (Å²) in [5.41, 5.74) is 0.887. The highest BCUT2D eigenvalue weighted by molar-refractivity contribution is 7.22. The van der Waals surface area contributed by atoms with Crippen LogP contribution in [0.1, 0.15) is 25.7 Å². The smallest absolute Gasteiger partial charge is 0.257 e. The molecule has 0 atom stereocenters. The normalized spacial score (nSPS) is 18.3. The molecule has 1 aliphatic rings. The van der Waals surface area contributed by atoms with E-state index in [1.165, 1.54) is 23.5 Å². The largest absolute Gasteiger partial charge is 0.484 e. The van der Waals surface area contributed by atoms with Gasteiger partial charge in [0.05, 0.1) is 15.2 Å².